The number of hydrogen-bond acceptors (Lipinski definition) is 2. The van der Waals surface area contributed by atoms with Crippen molar-refractivity contribution in [3.05, 3.63) is 30.3 Å². The normalized spacial score (nSPS) is 12.9. The highest BCUT2D eigenvalue weighted by Gasteiger charge is 2.45. The third-order valence-corrected chi connectivity index (χ3v) is 2.61. The Morgan fingerprint density at radius 3 is 2.18 bits per heavy atom. The van der Waals surface area contributed by atoms with Crippen molar-refractivity contribution in [2.75, 3.05) is 5.32 Å². The number of Topliss-reactive ketones (excluding diaryl/α,β-unsaturated/α-hetero) is 1. The first-order valence-corrected chi connectivity index (χ1v) is 5.35. The van der Waals surface area contributed by atoms with Crippen molar-refractivity contribution in [3.63, 3.8) is 0 Å². The quantitative estimate of drug-likeness (QED) is 0.689. The first-order chi connectivity index (χ1) is 7.82. The molecule has 0 saturated carbocycles. The summed E-state index contributed by atoms with van der Waals surface area (Å²) in [6.07, 6.45) is -5.04. The van der Waals surface area contributed by atoms with Gasteiger partial charge in [-0.05, 0) is 12.1 Å². The minimum Gasteiger partial charge on any atom is -0.325 e. The summed E-state index contributed by atoms with van der Waals surface area (Å²) in [7, 11) is 0. The summed E-state index contributed by atoms with van der Waals surface area (Å²) in [6.45, 7) is 0. The number of benzene rings is 1. The van der Waals surface area contributed by atoms with Crippen LogP contribution in [0.3, 0.4) is 0 Å². The van der Waals surface area contributed by atoms with Gasteiger partial charge in [0.2, 0.25) is 5.91 Å². The van der Waals surface area contributed by atoms with Crippen LogP contribution in [0.4, 0.5) is 18.9 Å². The van der Waals surface area contributed by atoms with Gasteiger partial charge in [-0.25, -0.2) is 0 Å². The number of carbonyl (C=O) groups excluding carboxylic acids is 2. The second-order valence-corrected chi connectivity index (χ2v) is 4.00. The molecule has 1 atom stereocenters. The van der Waals surface area contributed by atoms with Crippen molar-refractivity contribution in [2.24, 2.45) is 0 Å². The molecular weight excluding hydrogens is 303 g/mol. The Balaban J connectivity index is 2.69. The summed E-state index contributed by atoms with van der Waals surface area (Å²) < 4.78 is 36.1. The lowest BCUT2D eigenvalue weighted by molar-refractivity contribution is -0.170. The molecule has 17 heavy (non-hydrogen) atoms. The molecule has 1 rings (SSSR count). The minimum absolute atomic E-state index is 0.317. The zero-order valence-corrected chi connectivity index (χ0v) is 9.88. The number of anilines is 1. The number of carbonyl (C=O) groups is 2. The van der Waals surface area contributed by atoms with E-state index in [2.05, 4.69) is 21.2 Å². The van der Waals surface area contributed by atoms with Crippen LogP contribution in [0.15, 0.2) is 30.3 Å². The highest BCUT2D eigenvalue weighted by molar-refractivity contribution is 9.10. The van der Waals surface area contributed by atoms with Crippen LogP contribution in [0, 0.1) is 0 Å². The lowest BCUT2D eigenvalue weighted by atomic mass is 10.2. The molecule has 92 valence electrons. The third kappa shape index (κ3) is 3.85. The van der Waals surface area contributed by atoms with Crippen molar-refractivity contribution in [1.29, 1.82) is 0 Å². The van der Waals surface area contributed by atoms with E-state index in [-0.39, 0.29) is 0 Å². The van der Waals surface area contributed by atoms with Gasteiger partial charge in [0.1, 0.15) is 0 Å². The fraction of sp³-hybridized carbons (Fsp3) is 0.200. The summed E-state index contributed by atoms with van der Waals surface area (Å²) in [6, 6.07) is 7.88. The topological polar surface area (TPSA) is 46.2 Å². The maximum absolute atomic E-state index is 12.0. The van der Waals surface area contributed by atoms with Crippen LogP contribution in [0.1, 0.15) is 0 Å². The fourth-order valence-corrected chi connectivity index (χ4v) is 1.36. The summed E-state index contributed by atoms with van der Waals surface area (Å²) in [5.74, 6) is -3.19. The average Bonchev–Trinajstić information content (AvgIpc) is 2.27. The predicted octanol–water partition coefficient (Wildman–Crippen LogP) is 2.52. The molecule has 1 aromatic carbocycles. The molecule has 3 nitrogen and oxygen atoms in total. The molecule has 0 heterocycles. The van der Waals surface area contributed by atoms with Crippen LogP contribution in [0.5, 0.6) is 0 Å². The van der Waals surface area contributed by atoms with E-state index in [1.54, 1.807) is 18.2 Å². The fourth-order valence-electron chi connectivity index (χ4n) is 0.990. The molecule has 7 heteroatoms. The first-order valence-electron chi connectivity index (χ1n) is 4.43. The molecular formula is C10H7BrF3NO2. The van der Waals surface area contributed by atoms with E-state index < -0.39 is 22.7 Å². The Hall–Kier alpha value is -1.37. The maximum atomic E-state index is 12.0. The zero-order valence-electron chi connectivity index (χ0n) is 8.29. The highest BCUT2D eigenvalue weighted by atomic mass is 79.9. The van der Waals surface area contributed by atoms with Crippen LogP contribution in [-0.2, 0) is 9.59 Å². The van der Waals surface area contributed by atoms with Gasteiger partial charge in [0.25, 0.3) is 5.78 Å². The first kappa shape index (κ1) is 13.7. The molecule has 0 unspecified atom stereocenters. The molecule has 0 bridgehead atoms. The number of ketones is 1. The minimum atomic E-state index is -5.04. The summed E-state index contributed by atoms with van der Waals surface area (Å²) in [5.41, 5.74) is 0.317. The van der Waals surface area contributed by atoms with Gasteiger partial charge in [0.05, 0.1) is 0 Å². The van der Waals surface area contributed by atoms with E-state index >= 15 is 0 Å². The number of hydrogen-bond donors (Lipinski definition) is 1. The van der Waals surface area contributed by atoms with Gasteiger partial charge in [-0.3, -0.25) is 9.59 Å². The highest BCUT2D eigenvalue weighted by Crippen LogP contribution is 2.22. The van der Waals surface area contributed by atoms with Crippen LogP contribution < -0.4 is 5.32 Å². The Bertz CT molecular complexity index is 419. The monoisotopic (exact) mass is 309 g/mol. The van der Waals surface area contributed by atoms with Crippen molar-refractivity contribution in [3.8, 4) is 0 Å². The molecule has 0 spiro atoms. The van der Waals surface area contributed by atoms with Gasteiger partial charge in [-0.15, -0.1) is 0 Å². The van der Waals surface area contributed by atoms with Crippen molar-refractivity contribution in [2.45, 2.75) is 11.0 Å². The average molecular weight is 310 g/mol. The van der Waals surface area contributed by atoms with Crippen LogP contribution >= 0.6 is 15.9 Å². The molecule has 1 amide bonds. The second-order valence-electron chi connectivity index (χ2n) is 3.08. The van der Waals surface area contributed by atoms with Crippen molar-refractivity contribution >= 4 is 33.3 Å². The summed E-state index contributed by atoms with van der Waals surface area (Å²) in [4.78, 5) is 20.1. The Labute approximate surface area is 103 Å². The van der Waals surface area contributed by atoms with E-state index in [0.717, 1.165) is 0 Å². The number of alkyl halides is 4. The molecule has 0 aliphatic rings. The van der Waals surface area contributed by atoms with E-state index in [1.165, 1.54) is 12.1 Å². The smallest absolute Gasteiger partial charge is 0.325 e. The molecule has 1 N–H and O–H groups in total. The molecule has 0 fully saturated rings. The standard InChI is InChI=1S/C10H7BrF3NO2/c11-7(8(16)10(12,13)14)9(17)15-6-4-2-1-3-5-6/h1-5,7H,(H,15,17)/t7-/m1/s1. The molecule has 1 aromatic rings. The lowest BCUT2D eigenvalue weighted by Crippen LogP contribution is -2.38. The van der Waals surface area contributed by atoms with Crippen LogP contribution in [0.2, 0.25) is 0 Å². The lowest BCUT2D eigenvalue weighted by Gasteiger charge is -2.11. The van der Waals surface area contributed by atoms with Gasteiger partial charge >= 0.3 is 6.18 Å². The Kier molecular flexibility index (Phi) is 4.28. The SMILES string of the molecule is O=C(Nc1ccccc1)[C@H](Br)C(=O)C(F)(F)F. The molecule has 0 aliphatic heterocycles. The number of para-hydroxylation sites is 1. The number of amides is 1. The van der Waals surface area contributed by atoms with Gasteiger partial charge in [-0.1, -0.05) is 34.1 Å². The Morgan fingerprint density at radius 1 is 1.18 bits per heavy atom. The second kappa shape index (κ2) is 5.31. The summed E-state index contributed by atoms with van der Waals surface area (Å²) in [5, 5.41) is 2.19. The van der Waals surface area contributed by atoms with E-state index in [0.29, 0.717) is 5.69 Å². The molecule has 0 aromatic heterocycles. The number of nitrogens with one attached hydrogen (secondary N) is 1. The summed E-state index contributed by atoms with van der Waals surface area (Å²) >= 11 is 2.42. The van der Waals surface area contributed by atoms with Gasteiger partial charge in [0.15, 0.2) is 4.83 Å². The maximum Gasteiger partial charge on any atom is 0.451 e. The molecule has 0 aliphatic carbocycles. The van der Waals surface area contributed by atoms with Crippen LogP contribution in [-0.4, -0.2) is 22.7 Å². The van der Waals surface area contributed by atoms with Crippen LogP contribution in [0.25, 0.3) is 0 Å². The molecule has 0 radical (unpaired) electrons. The van der Waals surface area contributed by atoms with Crippen molar-refractivity contribution < 1.29 is 22.8 Å². The number of rotatable bonds is 3. The van der Waals surface area contributed by atoms with Gasteiger partial charge < -0.3 is 5.32 Å². The largest absolute Gasteiger partial charge is 0.451 e. The van der Waals surface area contributed by atoms with Gasteiger partial charge in [-0.2, -0.15) is 13.2 Å². The van der Waals surface area contributed by atoms with E-state index in [1.807, 2.05) is 0 Å². The number of halogens is 4. The third-order valence-electron chi connectivity index (χ3n) is 1.78. The Morgan fingerprint density at radius 2 is 1.71 bits per heavy atom. The van der Waals surface area contributed by atoms with E-state index in [9.17, 15) is 22.8 Å². The van der Waals surface area contributed by atoms with E-state index in [4.69, 9.17) is 0 Å². The van der Waals surface area contributed by atoms with Gasteiger partial charge in [0, 0.05) is 5.69 Å². The predicted molar refractivity (Wildman–Crippen MR) is 58.8 cm³/mol. The zero-order chi connectivity index (χ0) is 13.1. The molecule has 0 saturated heterocycles. The van der Waals surface area contributed by atoms with Crippen molar-refractivity contribution in [1.82, 2.24) is 0 Å².